The molecule has 3 rings (SSSR count). The Hall–Kier alpha value is -1.62. The van der Waals surface area contributed by atoms with Crippen molar-refractivity contribution in [3.8, 4) is 5.88 Å². The molecule has 1 fully saturated rings. The summed E-state index contributed by atoms with van der Waals surface area (Å²) >= 11 is 0. The largest absolute Gasteiger partial charge is 0.474 e. The SMILES string of the molecule is Cc1cc(OC2CCC(N(C)C)CC2)n2nccc2n1. The van der Waals surface area contributed by atoms with Crippen molar-refractivity contribution in [1.29, 1.82) is 0 Å². The summed E-state index contributed by atoms with van der Waals surface area (Å²) < 4.78 is 7.96. The zero-order valence-electron chi connectivity index (χ0n) is 12.4. The highest BCUT2D eigenvalue weighted by Crippen LogP contribution is 2.26. The van der Waals surface area contributed by atoms with Crippen LogP contribution in [0.15, 0.2) is 18.3 Å². The molecule has 0 amide bonds. The van der Waals surface area contributed by atoms with E-state index >= 15 is 0 Å². The smallest absolute Gasteiger partial charge is 0.218 e. The second kappa shape index (κ2) is 5.40. The van der Waals surface area contributed by atoms with E-state index in [1.807, 2.05) is 19.1 Å². The van der Waals surface area contributed by atoms with E-state index in [2.05, 4.69) is 29.1 Å². The van der Waals surface area contributed by atoms with Crippen LogP contribution in [0.2, 0.25) is 0 Å². The normalized spacial score (nSPS) is 23.4. The average molecular weight is 274 g/mol. The average Bonchev–Trinajstić information content (AvgIpc) is 2.87. The quantitative estimate of drug-likeness (QED) is 0.861. The molecule has 0 spiro atoms. The molecule has 1 saturated carbocycles. The Labute approximate surface area is 119 Å². The maximum absolute atomic E-state index is 6.18. The second-order valence-electron chi connectivity index (χ2n) is 5.85. The van der Waals surface area contributed by atoms with Gasteiger partial charge in [-0.25, -0.2) is 4.98 Å². The summed E-state index contributed by atoms with van der Waals surface area (Å²) in [5.74, 6) is 0.811. The van der Waals surface area contributed by atoms with Gasteiger partial charge in [-0.05, 0) is 46.7 Å². The lowest BCUT2D eigenvalue weighted by molar-refractivity contribution is 0.105. The van der Waals surface area contributed by atoms with Gasteiger partial charge in [0.1, 0.15) is 6.10 Å². The maximum Gasteiger partial charge on any atom is 0.218 e. The number of hydrogen-bond acceptors (Lipinski definition) is 4. The molecule has 0 aliphatic heterocycles. The Bertz CT molecular complexity index is 585. The van der Waals surface area contributed by atoms with Crippen LogP contribution in [-0.2, 0) is 0 Å². The number of rotatable bonds is 3. The molecule has 1 aliphatic rings. The lowest BCUT2D eigenvalue weighted by atomic mass is 9.92. The molecule has 5 nitrogen and oxygen atoms in total. The highest BCUT2D eigenvalue weighted by molar-refractivity contribution is 5.40. The summed E-state index contributed by atoms with van der Waals surface area (Å²) in [4.78, 5) is 6.76. The Kier molecular flexibility index (Phi) is 3.61. The predicted molar refractivity (Wildman–Crippen MR) is 78.1 cm³/mol. The fourth-order valence-electron chi connectivity index (χ4n) is 2.94. The zero-order chi connectivity index (χ0) is 14.1. The summed E-state index contributed by atoms with van der Waals surface area (Å²) in [5, 5.41) is 4.29. The number of nitrogens with zero attached hydrogens (tertiary/aromatic N) is 4. The Morgan fingerprint density at radius 3 is 2.70 bits per heavy atom. The van der Waals surface area contributed by atoms with Gasteiger partial charge in [-0.15, -0.1) is 0 Å². The van der Waals surface area contributed by atoms with E-state index in [0.717, 1.165) is 30.1 Å². The summed E-state index contributed by atoms with van der Waals surface area (Å²) in [6.45, 7) is 1.99. The van der Waals surface area contributed by atoms with E-state index in [4.69, 9.17) is 4.74 Å². The van der Waals surface area contributed by atoms with Crippen molar-refractivity contribution < 1.29 is 4.74 Å². The van der Waals surface area contributed by atoms with E-state index in [1.165, 1.54) is 12.8 Å². The van der Waals surface area contributed by atoms with Crippen molar-refractivity contribution in [2.24, 2.45) is 0 Å². The summed E-state index contributed by atoms with van der Waals surface area (Å²) in [6, 6.07) is 4.57. The van der Waals surface area contributed by atoms with E-state index < -0.39 is 0 Å². The van der Waals surface area contributed by atoms with Crippen LogP contribution in [-0.4, -0.2) is 45.7 Å². The standard InChI is InChI=1S/C15H22N4O/c1-11-10-15(19-14(17-11)8-9-16-19)20-13-6-4-12(5-7-13)18(2)3/h8-10,12-13H,4-7H2,1-3H3. The van der Waals surface area contributed by atoms with Gasteiger partial charge in [0.15, 0.2) is 5.65 Å². The van der Waals surface area contributed by atoms with Crippen molar-refractivity contribution in [3.05, 3.63) is 24.0 Å². The van der Waals surface area contributed by atoms with Gasteiger partial charge < -0.3 is 9.64 Å². The monoisotopic (exact) mass is 274 g/mol. The first kappa shape index (κ1) is 13.4. The topological polar surface area (TPSA) is 42.7 Å². The third-order valence-corrected chi connectivity index (χ3v) is 4.12. The molecular weight excluding hydrogens is 252 g/mol. The molecule has 0 unspecified atom stereocenters. The number of aromatic nitrogens is 3. The van der Waals surface area contributed by atoms with Gasteiger partial charge in [-0.2, -0.15) is 9.61 Å². The first-order valence-electron chi connectivity index (χ1n) is 7.28. The Morgan fingerprint density at radius 2 is 2.00 bits per heavy atom. The van der Waals surface area contributed by atoms with Crippen LogP contribution in [0.4, 0.5) is 0 Å². The Morgan fingerprint density at radius 1 is 1.25 bits per heavy atom. The zero-order valence-corrected chi connectivity index (χ0v) is 12.4. The highest BCUT2D eigenvalue weighted by Gasteiger charge is 2.24. The molecule has 2 heterocycles. The van der Waals surface area contributed by atoms with Gasteiger partial charge in [0.2, 0.25) is 5.88 Å². The molecule has 1 aliphatic carbocycles. The van der Waals surface area contributed by atoms with E-state index in [0.29, 0.717) is 12.1 Å². The number of fused-ring (bicyclic) bond motifs is 1. The molecule has 2 aromatic rings. The first-order valence-corrected chi connectivity index (χ1v) is 7.28. The lowest BCUT2D eigenvalue weighted by Crippen LogP contribution is -2.35. The predicted octanol–water partition coefficient (Wildman–Crippen LogP) is 2.29. The minimum atomic E-state index is 0.292. The van der Waals surface area contributed by atoms with Crippen LogP contribution in [0.1, 0.15) is 31.4 Å². The molecule has 108 valence electrons. The molecule has 0 N–H and O–H groups in total. The molecule has 0 aromatic carbocycles. The molecule has 0 atom stereocenters. The van der Waals surface area contributed by atoms with E-state index in [9.17, 15) is 0 Å². The van der Waals surface area contributed by atoms with Crippen LogP contribution in [0.25, 0.3) is 5.65 Å². The highest BCUT2D eigenvalue weighted by atomic mass is 16.5. The summed E-state index contributed by atoms with van der Waals surface area (Å²) in [5.41, 5.74) is 1.82. The fourth-order valence-corrected chi connectivity index (χ4v) is 2.94. The van der Waals surface area contributed by atoms with Gasteiger partial charge in [0.05, 0.1) is 6.20 Å². The van der Waals surface area contributed by atoms with Crippen LogP contribution in [0.5, 0.6) is 5.88 Å². The Balaban J connectivity index is 1.73. The number of hydrogen-bond donors (Lipinski definition) is 0. The third-order valence-electron chi connectivity index (χ3n) is 4.12. The first-order chi connectivity index (χ1) is 9.63. The molecule has 0 saturated heterocycles. The fraction of sp³-hybridized carbons (Fsp3) is 0.600. The van der Waals surface area contributed by atoms with E-state index in [-0.39, 0.29) is 0 Å². The minimum Gasteiger partial charge on any atom is -0.474 e. The van der Waals surface area contributed by atoms with Crippen molar-refractivity contribution in [1.82, 2.24) is 19.5 Å². The maximum atomic E-state index is 6.18. The van der Waals surface area contributed by atoms with Gasteiger partial charge in [0, 0.05) is 23.9 Å². The third kappa shape index (κ3) is 2.63. The van der Waals surface area contributed by atoms with E-state index in [1.54, 1.807) is 10.7 Å². The summed E-state index contributed by atoms with van der Waals surface area (Å²) in [7, 11) is 4.32. The van der Waals surface area contributed by atoms with Crippen LogP contribution >= 0.6 is 0 Å². The summed E-state index contributed by atoms with van der Waals surface area (Å²) in [6.07, 6.45) is 6.66. The molecule has 5 heteroatoms. The molecule has 2 aromatic heterocycles. The van der Waals surface area contributed by atoms with Crippen molar-refractivity contribution in [2.75, 3.05) is 14.1 Å². The molecule has 20 heavy (non-hydrogen) atoms. The van der Waals surface area contributed by atoms with Crippen molar-refractivity contribution >= 4 is 5.65 Å². The molecule has 0 bridgehead atoms. The number of ether oxygens (including phenoxy) is 1. The number of aryl methyl sites for hydroxylation is 1. The van der Waals surface area contributed by atoms with Crippen LogP contribution in [0, 0.1) is 6.92 Å². The van der Waals surface area contributed by atoms with Gasteiger partial charge in [-0.1, -0.05) is 0 Å². The van der Waals surface area contributed by atoms with Crippen LogP contribution < -0.4 is 4.74 Å². The molecule has 0 radical (unpaired) electrons. The molecular formula is C15H22N4O. The van der Waals surface area contributed by atoms with Gasteiger partial charge >= 0.3 is 0 Å². The van der Waals surface area contributed by atoms with Crippen molar-refractivity contribution in [3.63, 3.8) is 0 Å². The van der Waals surface area contributed by atoms with Gasteiger partial charge in [0.25, 0.3) is 0 Å². The van der Waals surface area contributed by atoms with Gasteiger partial charge in [-0.3, -0.25) is 0 Å². The second-order valence-corrected chi connectivity index (χ2v) is 5.85. The van der Waals surface area contributed by atoms with Crippen molar-refractivity contribution in [2.45, 2.75) is 44.8 Å². The lowest BCUT2D eigenvalue weighted by Gasteiger charge is -2.32. The van der Waals surface area contributed by atoms with Crippen LogP contribution in [0.3, 0.4) is 0 Å². The minimum absolute atomic E-state index is 0.292.